The van der Waals surface area contributed by atoms with Gasteiger partial charge >= 0.3 is 0 Å². The molecule has 1 aliphatic heterocycles. The molecule has 4 bridgehead atoms. The third kappa shape index (κ3) is 2.20. The van der Waals surface area contributed by atoms with Crippen molar-refractivity contribution in [3.63, 3.8) is 0 Å². The molecular weight excluding hydrogens is 286 g/mol. The number of carbonyl (C=O) groups excluding carboxylic acids is 1. The molecule has 0 spiro atoms. The summed E-state index contributed by atoms with van der Waals surface area (Å²) in [5, 5.41) is 3.30. The summed E-state index contributed by atoms with van der Waals surface area (Å²) in [4.78, 5) is 13.0. The van der Waals surface area contributed by atoms with E-state index in [9.17, 15) is 4.79 Å². The second-order valence-electron chi connectivity index (χ2n) is 8.45. The van der Waals surface area contributed by atoms with Gasteiger partial charge in [-0.15, -0.1) is 0 Å². The van der Waals surface area contributed by atoms with Crippen molar-refractivity contribution in [2.45, 2.75) is 44.4 Å². The molecule has 1 amide bonds. The minimum atomic E-state index is -0.0340. The van der Waals surface area contributed by atoms with Crippen LogP contribution in [0.15, 0.2) is 24.3 Å². The van der Waals surface area contributed by atoms with Crippen molar-refractivity contribution in [1.29, 1.82) is 0 Å². The first-order chi connectivity index (χ1) is 11.2. The molecule has 1 N–H and O–H groups in total. The van der Waals surface area contributed by atoms with Gasteiger partial charge < -0.3 is 10.1 Å². The summed E-state index contributed by atoms with van der Waals surface area (Å²) >= 11 is 0. The van der Waals surface area contributed by atoms with E-state index in [-0.39, 0.29) is 5.41 Å². The zero-order valence-electron chi connectivity index (χ0n) is 13.6. The zero-order chi connectivity index (χ0) is 15.4. The Kier molecular flexibility index (Phi) is 3.01. The van der Waals surface area contributed by atoms with Crippen molar-refractivity contribution < 1.29 is 9.53 Å². The summed E-state index contributed by atoms with van der Waals surface area (Å²) in [5.41, 5.74) is 1.21. The number of hydrogen-bond donors (Lipinski definition) is 1. The topological polar surface area (TPSA) is 38.3 Å². The van der Waals surface area contributed by atoms with Gasteiger partial charge in [0.15, 0.2) is 0 Å². The van der Waals surface area contributed by atoms with Gasteiger partial charge in [-0.25, -0.2) is 0 Å². The fourth-order valence-corrected chi connectivity index (χ4v) is 6.19. The second kappa shape index (κ2) is 4.99. The van der Waals surface area contributed by atoms with Crippen LogP contribution in [0.3, 0.4) is 0 Å². The van der Waals surface area contributed by atoms with Crippen LogP contribution in [0.5, 0.6) is 5.75 Å². The van der Waals surface area contributed by atoms with Gasteiger partial charge in [-0.1, -0.05) is 18.2 Å². The van der Waals surface area contributed by atoms with E-state index >= 15 is 0 Å². The Bertz CT molecular complexity index is 603. The highest BCUT2D eigenvalue weighted by atomic mass is 16.5. The summed E-state index contributed by atoms with van der Waals surface area (Å²) in [5.74, 6) is 4.10. The summed E-state index contributed by atoms with van der Waals surface area (Å²) in [6, 6.07) is 8.22. The molecule has 3 heteroatoms. The average molecular weight is 311 g/mol. The number of hydrogen-bond acceptors (Lipinski definition) is 2. The van der Waals surface area contributed by atoms with Gasteiger partial charge in [-0.05, 0) is 62.3 Å². The first-order valence-corrected chi connectivity index (χ1v) is 9.22. The number of carbonyl (C=O) groups is 1. The van der Waals surface area contributed by atoms with Crippen LogP contribution in [0.4, 0.5) is 0 Å². The zero-order valence-corrected chi connectivity index (χ0v) is 13.6. The third-order valence-electron chi connectivity index (χ3n) is 6.83. The smallest absolute Gasteiger partial charge is 0.226 e. The highest BCUT2D eigenvalue weighted by molar-refractivity contribution is 5.83. The molecule has 0 radical (unpaired) electrons. The maximum atomic E-state index is 13.0. The summed E-state index contributed by atoms with van der Waals surface area (Å²) in [6.07, 6.45) is 7.58. The fourth-order valence-electron chi connectivity index (χ4n) is 6.19. The van der Waals surface area contributed by atoms with Gasteiger partial charge in [-0.3, -0.25) is 4.79 Å². The van der Waals surface area contributed by atoms with Gasteiger partial charge in [0.2, 0.25) is 5.91 Å². The van der Waals surface area contributed by atoms with Crippen molar-refractivity contribution in [3.8, 4) is 5.75 Å². The maximum Gasteiger partial charge on any atom is 0.226 e. The van der Waals surface area contributed by atoms with Crippen molar-refractivity contribution in [2.75, 3.05) is 13.2 Å². The molecule has 1 aromatic rings. The number of rotatable bonds is 3. The van der Waals surface area contributed by atoms with Crippen molar-refractivity contribution >= 4 is 5.91 Å². The lowest BCUT2D eigenvalue weighted by Crippen LogP contribution is -2.54. The normalized spacial score (nSPS) is 39.8. The predicted molar refractivity (Wildman–Crippen MR) is 88.3 cm³/mol. The van der Waals surface area contributed by atoms with Gasteiger partial charge in [0.05, 0.1) is 6.61 Å². The van der Waals surface area contributed by atoms with Crippen molar-refractivity contribution in [2.24, 2.45) is 23.2 Å². The number of amides is 1. The molecule has 0 unspecified atom stereocenters. The Balaban J connectivity index is 1.28. The fraction of sp³-hybridized carbons (Fsp3) is 0.650. The van der Waals surface area contributed by atoms with Gasteiger partial charge in [0.1, 0.15) is 5.75 Å². The molecule has 122 valence electrons. The van der Waals surface area contributed by atoms with E-state index < -0.39 is 0 Å². The van der Waals surface area contributed by atoms with Crippen LogP contribution >= 0.6 is 0 Å². The molecule has 6 rings (SSSR count). The van der Waals surface area contributed by atoms with Crippen LogP contribution in [0.2, 0.25) is 0 Å². The quantitative estimate of drug-likeness (QED) is 0.928. The molecule has 0 aromatic heterocycles. The predicted octanol–water partition coefficient (Wildman–Crippen LogP) is 3.50. The molecule has 4 aliphatic carbocycles. The molecule has 0 saturated heterocycles. The van der Waals surface area contributed by atoms with E-state index in [0.29, 0.717) is 18.4 Å². The van der Waals surface area contributed by atoms with Crippen LogP contribution < -0.4 is 10.1 Å². The second-order valence-corrected chi connectivity index (χ2v) is 8.45. The lowest BCUT2D eigenvalue weighted by Gasteiger charge is -2.55. The molecule has 1 aromatic carbocycles. The summed E-state index contributed by atoms with van der Waals surface area (Å²) < 4.78 is 5.74. The first-order valence-electron chi connectivity index (χ1n) is 9.22. The Morgan fingerprint density at radius 1 is 1.09 bits per heavy atom. The molecule has 4 saturated carbocycles. The average Bonchev–Trinajstić information content (AvgIpc) is 2.94. The minimum absolute atomic E-state index is 0.0340. The molecule has 1 heterocycles. The Labute approximate surface area is 137 Å². The highest BCUT2D eigenvalue weighted by Gasteiger charge is 2.54. The van der Waals surface area contributed by atoms with Crippen LogP contribution in [-0.2, 0) is 4.79 Å². The Morgan fingerprint density at radius 2 is 1.74 bits per heavy atom. The summed E-state index contributed by atoms with van der Waals surface area (Å²) in [6.45, 7) is 1.41. The maximum absolute atomic E-state index is 13.0. The SMILES string of the molecule is O=C(NC[C@@H]1COc2ccccc21)C12CC3CC(CC(C3)C1)C2. The van der Waals surface area contributed by atoms with Crippen LogP contribution in [0.1, 0.15) is 50.0 Å². The van der Waals surface area contributed by atoms with Gasteiger partial charge in [0.25, 0.3) is 0 Å². The van der Waals surface area contributed by atoms with E-state index in [2.05, 4.69) is 17.4 Å². The van der Waals surface area contributed by atoms with E-state index in [4.69, 9.17) is 4.74 Å². The molecule has 23 heavy (non-hydrogen) atoms. The molecule has 4 fully saturated rings. The Morgan fingerprint density at radius 3 is 2.43 bits per heavy atom. The summed E-state index contributed by atoms with van der Waals surface area (Å²) in [7, 11) is 0. The van der Waals surface area contributed by atoms with Gasteiger partial charge in [-0.2, -0.15) is 0 Å². The third-order valence-corrected chi connectivity index (χ3v) is 6.83. The Hall–Kier alpha value is -1.51. The van der Waals surface area contributed by atoms with Gasteiger partial charge in [0, 0.05) is 23.4 Å². The number of nitrogens with one attached hydrogen (secondary N) is 1. The standard InChI is InChI=1S/C20H25NO2/c22-19(20-8-13-5-14(9-20)7-15(6-13)10-20)21-11-16-12-23-18-4-2-1-3-17(16)18/h1-4,13-16H,5-12H2,(H,21,22)/t13?,14?,15?,16-,20?/m1/s1. The van der Waals surface area contributed by atoms with E-state index in [1.165, 1.54) is 24.8 Å². The largest absolute Gasteiger partial charge is 0.493 e. The van der Waals surface area contributed by atoms with Crippen molar-refractivity contribution in [3.05, 3.63) is 29.8 Å². The molecule has 1 atom stereocenters. The van der Waals surface area contributed by atoms with Crippen LogP contribution in [0.25, 0.3) is 0 Å². The lowest BCUT2D eigenvalue weighted by molar-refractivity contribution is -0.146. The lowest BCUT2D eigenvalue weighted by atomic mass is 9.49. The monoisotopic (exact) mass is 311 g/mol. The van der Waals surface area contributed by atoms with E-state index in [0.717, 1.165) is 49.3 Å². The molecular formula is C20H25NO2. The number of fused-ring (bicyclic) bond motifs is 1. The van der Waals surface area contributed by atoms with E-state index in [1.807, 2.05) is 12.1 Å². The van der Waals surface area contributed by atoms with Crippen molar-refractivity contribution in [1.82, 2.24) is 5.32 Å². The van der Waals surface area contributed by atoms with E-state index in [1.54, 1.807) is 0 Å². The first kappa shape index (κ1) is 13.9. The number of para-hydroxylation sites is 1. The number of benzene rings is 1. The van der Waals surface area contributed by atoms with Crippen LogP contribution in [0, 0.1) is 23.2 Å². The van der Waals surface area contributed by atoms with Crippen LogP contribution in [-0.4, -0.2) is 19.1 Å². The highest BCUT2D eigenvalue weighted by Crippen LogP contribution is 2.60. The minimum Gasteiger partial charge on any atom is -0.493 e. The number of ether oxygens (including phenoxy) is 1. The molecule has 3 nitrogen and oxygen atoms in total. The molecule has 5 aliphatic rings.